The molecule has 19 heavy (non-hydrogen) atoms. The van der Waals surface area contributed by atoms with Gasteiger partial charge in [0.15, 0.2) is 0 Å². The molecule has 1 aromatic rings. The first-order chi connectivity index (χ1) is 8.79. The fourth-order valence-electron chi connectivity index (χ4n) is 2.91. The van der Waals surface area contributed by atoms with Crippen LogP contribution in [0.3, 0.4) is 0 Å². The van der Waals surface area contributed by atoms with Crippen LogP contribution in [0, 0.1) is 18.3 Å². The second kappa shape index (κ2) is 5.35. The number of nitrogens with two attached hydrogens (primary N) is 1. The molecule has 2 rings (SSSR count). The van der Waals surface area contributed by atoms with E-state index in [4.69, 9.17) is 5.73 Å². The maximum absolute atomic E-state index is 5.95. The zero-order valence-corrected chi connectivity index (χ0v) is 14.0. The summed E-state index contributed by atoms with van der Waals surface area (Å²) in [5.41, 5.74) is 9.70. The summed E-state index contributed by atoms with van der Waals surface area (Å²) in [6, 6.07) is 4.23. The highest BCUT2D eigenvalue weighted by Gasteiger charge is 2.29. The zero-order valence-electron chi connectivity index (χ0n) is 12.5. The molecule has 0 bridgehead atoms. The zero-order chi connectivity index (χ0) is 14.2. The summed E-state index contributed by atoms with van der Waals surface area (Å²) in [4.78, 5) is 2.48. The smallest absolute Gasteiger partial charge is 0.0514 e. The minimum atomic E-state index is 0.431. The second-order valence-electron chi connectivity index (χ2n) is 6.79. The van der Waals surface area contributed by atoms with E-state index in [-0.39, 0.29) is 0 Å². The number of rotatable bonds is 1. The van der Waals surface area contributed by atoms with Crippen molar-refractivity contribution in [3.05, 3.63) is 22.2 Å². The van der Waals surface area contributed by atoms with Crippen LogP contribution in [-0.2, 0) is 0 Å². The molecular formula is C16H25BrN2. The number of nitrogen functional groups attached to an aromatic ring is 1. The van der Waals surface area contributed by atoms with Gasteiger partial charge in [0.05, 0.1) is 5.69 Å². The van der Waals surface area contributed by atoms with Crippen molar-refractivity contribution in [2.24, 2.45) is 11.3 Å². The Balaban J connectivity index is 2.12. The third-order valence-electron chi connectivity index (χ3n) is 4.40. The lowest BCUT2D eigenvalue weighted by Crippen LogP contribution is -2.38. The first-order valence-electron chi connectivity index (χ1n) is 7.09. The molecule has 0 spiro atoms. The van der Waals surface area contributed by atoms with Gasteiger partial charge < -0.3 is 10.6 Å². The average Bonchev–Trinajstić information content (AvgIpc) is 2.33. The number of anilines is 2. The van der Waals surface area contributed by atoms with Crippen molar-refractivity contribution in [2.45, 2.75) is 40.5 Å². The number of halogens is 1. The van der Waals surface area contributed by atoms with E-state index in [9.17, 15) is 0 Å². The van der Waals surface area contributed by atoms with Crippen molar-refractivity contribution in [1.29, 1.82) is 0 Å². The Morgan fingerprint density at radius 3 is 2.32 bits per heavy atom. The summed E-state index contributed by atoms with van der Waals surface area (Å²) in [6.45, 7) is 11.4. The molecule has 1 aliphatic heterocycles. The van der Waals surface area contributed by atoms with Gasteiger partial charge in [-0.3, -0.25) is 0 Å². The van der Waals surface area contributed by atoms with Crippen LogP contribution in [0.4, 0.5) is 11.4 Å². The molecule has 2 nitrogen and oxygen atoms in total. The molecule has 2 N–H and O–H groups in total. The lowest BCUT2D eigenvalue weighted by Gasteiger charge is -2.40. The van der Waals surface area contributed by atoms with Crippen molar-refractivity contribution >= 4 is 27.3 Å². The van der Waals surface area contributed by atoms with Crippen LogP contribution in [-0.4, -0.2) is 13.1 Å². The number of aryl methyl sites for hydroxylation is 1. The highest BCUT2D eigenvalue weighted by atomic mass is 79.9. The van der Waals surface area contributed by atoms with Gasteiger partial charge in [0, 0.05) is 23.2 Å². The first kappa shape index (κ1) is 14.7. The first-order valence-corrected chi connectivity index (χ1v) is 7.89. The Kier molecular flexibility index (Phi) is 4.14. The molecule has 1 aromatic carbocycles. The Morgan fingerprint density at radius 1 is 1.21 bits per heavy atom. The van der Waals surface area contributed by atoms with Crippen molar-refractivity contribution in [1.82, 2.24) is 0 Å². The molecule has 1 heterocycles. The van der Waals surface area contributed by atoms with Gasteiger partial charge in [-0.15, -0.1) is 0 Å². The van der Waals surface area contributed by atoms with Crippen LogP contribution < -0.4 is 10.6 Å². The van der Waals surface area contributed by atoms with Crippen molar-refractivity contribution in [3.8, 4) is 0 Å². The third kappa shape index (κ3) is 3.25. The maximum atomic E-state index is 5.95. The molecule has 1 saturated heterocycles. The van der Waals surface area contributed by atoms with Crippen molar-refractivity contribution in [3.63, 3.8) is 0 Å². The van der Waals surface area contributed by atoms with Crippen LogP contribution in [0.1, 0.15) is 39.2 Å². The van der Waals surface area contributed by atoms with Gasteiger partial charge >= 0.3 is 0 Å². The second-order valence-corrected chi connectivity index (χ2v) is 7.64. The summed E-state index contributed by atoms with van der Waals surface area (Å²) >= 11 is 3.65. The van der Waals surface area contributed by atoms with Gasteiger partial charge in [-0.05, 0) is 64.7 Å². The van der Waals surface area contributed by atoms with Crippen LogP contribution in [0.2, 0.25) is 0 Å². The summed E-state index contributed by atoms with van der Waals surface area (Å²) in [5.74, 6) is 0.831. The molecule has 0 saturated carbocycles. The minimum absolute atomic E-state index is 0.431. The molecular weight excluding hydrogens is 300 g/mol. The van der Waals surface area contributed by atoms with Crippen LogP contribution in [0.15, 0.2) is 16.6 Å². The predicted molar refractivity (Wildman–Crippen MR) is 87.7 cm³/mol. The number of benzene rings is 1. The molecule has 0 amide bonds. The SMILES string of the molecule is Cc1cc(N2CCC(C(C)(C)C)CC2)c(Br)cc1N. The molecule has 0 unspecified atom stereocenters. The van der Waals surface area contributed by atoms with E-state index in [0.29, 0.717) is 5.41 Å². The molecule has 0 atom stereocenters. The van der Waals surface area contributed by atoms with Gasteiger partial charge in [0.1, 0.15) is 0 Å². The number of hydrogen-bond acceptors (Lipinski definition) is 2. The van der Waals surface area contributed by atoms with E-state index in [0.717, 1.165) is 34.7 Å². The minimum Gasteiger partial charge on any atom is -0.398 e. The van der Waals surface area contributed by atoms with E-state index in [2.05, 4.69) is 54.6 Å². The summed E-state index contributed by atoms with van der Waals surface area (Å²) < 4.78 is 1.12. The lowest BCUT2D eigenvalue weighted by atomic mass is 9.75. The van der Waals surface area contributed by atoms with E-state index in [1.165, 1.54) is 18.5 Å². The third-order valence-corrected chi connectivity index (χ3v) is 5.03. The molecule has 1 fully saturated rings. The molecule has 1 aliphatic rings. The van der Waals surface area contributed by atoms with Gasteiger partial charge in [0.25, 0.3) is 0 Å². The monoisotopic (exact) mass is 324 g/mol. The Bertz CT molecular complexity index is 455. The van der Waals surface area contributed by atoms with Crippen LogP contribution in [0.5, 0.6) is 0 Å². The topological polar surface area (TPSA) is 29.3 Å². The van der Waals surface area contributed by atoms with E-state index >= 15 is 0 Å². The molecule has 106 valence electrons. The van der Waals surface area contributed by atoms with Crippen molar-refractivity contribution in [2.75, 3.05) is 23.7 Å². The fraction of sp³-hybridized carbons (Fsp3) is 0.625. The number of piperidine rings is 1. The van der Waals surface area contributed by atoms with Crippen molar-refractivity contribution < 1.29 is 0 Å². The summed E-state index contributed by atoms with van der Waals surface area (Å²) in [6.07, 6.45) is 2.55. The number of hydrogen-bond donors (Lipinski definition) is 1. The largest absolute Gasteiger partial charge is 0.398 e. The Labute approximate surface area is 125 Å². The average molecular weight is 325 g/mol. The summed E-state index contributed by atoms with van der Waals surface area (Å²) in [7, 11) is 0. The van der Waals surface area contributed by atoms with Gasteiger partial charge in [-0.1, -0.05) is 20.8 Å². The fourth-order valence-corrected chi connectivity index (χ4v) is 3.52. The van der Waals surface area contributed by atoms with Gasteiger partial charge in [-0.25, -0.2) is 0 Å². The Hall–Kier alpha value is -0.700. The lowest BCUT2D eigenvalue weighted by molar-refractivity contribution is 0.199. The summed E-state index contributed by atoms with van der Waals surface area (Å²) in [5, 5.41) is 0. The predicted octanol–water partition coefficient (Wildman–Crippen LogP) is 4.60. The molecule has 0 aliphatic carbocycles. The quantitative estimate of drug-likeness (QED) is 0.765. The van der Waals surface area contributed by atoms with E-state index in [1.54, 1.807) is 0 Å². The van der Waals surface area contributed by atoms with E-state index < -0.39 is 0 Å². The molecule has 0 aromatic heterocycles. The normalized spacial score (nSPS) is 17.8. The van der Waals surface area contributed by atoms with Gasteiger partial charge in [0.2, 0.25) is 0 Å². The Morgan fingerprint density at radius 2 is 1.79 bits per heavy atom. The maximum Gasteiger partial charge on any atom is 0.0514 e. The van der Waals surface area contributed by atoms with Gasteiger partial charge in [-0.2, -0.15) is 0 Å². The van der Waals surface area contributed by atoms with Crippen LogP contribution >= 0.6 is 15.9 Å². The highest BCUT2D eigenvalue weighted by Crippen LogP contribution is 2.38. The molecule has 0 radical (unpaired) electrons. The highest BCUT2D eigenvalue weighted by molar-refractivity contribution is 9.10. The number of nitrogens with zero attached hydrogens (tertiary/aromatic N) is 1. The van der Waals surface area contributed by atoms with Crippen LogP contribution in [0.25, 0.3) is 0 Å². The van der Waals surface area contributed by atoms with E-state index in [1.807, 2.05) is 6.07 Å². The standard InChI is InChI=1S/C16H25BrN2/c1-11-9-15(13(17)10-14(11)18)19-7-5-12(6-8-19)16(2,3)4/h9-10,12H,5-8,18H2,1-4H3. The molecule has 3 heteroatoms.